The highest BCUT2D eigenvalue weighted by Crippen LogP contribution is 2.09. The number of carbonyl (C=O) groups is 2. The predicted octanol–water partition coefficient (Wildman–Crippen LogP) is 2.13. The van der Waals surface area contributed by atoms with Crippen LogP contribution in [0.4, 0.5) is 0 Å². The summed E-state index contributed by atoms with van der Waals surface area (Å²) in [5, 5.41) is 2.82. The molecular formula is C18H21N3O2. The number of aromatic nitrogens is 1. The molecule has 5 heteroatoms. The quantitative estimate of drug-likeness (QED) is 0.889. The highest BCUT2D eigenvalue weighted by atomic mass is 16.2. The van der Waals surface area contributed by atoms with Gasteiger partial charge in [-0.2, -0.15) is 0 Å². The summed E-state index contributed by atoms with van der Waals surface area (Å²) in [7, 11) is 0. The number of nitrogens with one attached hydrogen (secondary N) is 1. The zero-order chi connectivity index (χ0) is 16.7. The average Bonchev–Trinajstić information content (AvgIpc) is 2.58. The zero-order valence-electron chi connectivity index (χ0n) is 13.4. The summed E-state index contributed by atoms with van der Waals surface area (Å²) in [4.78, 5) is 29.9. The fourth-order valence-corrected chi connectivity index (χ4v) is 2.27. The summed E-state index contributed by atoms with van der Waals surface area (Å²) in [6.07, 6.45) is 1.68. The minimum atomic E-state index is -0.545. The lowest BCUT2D eigenvalue weighted by molar-refractivity contribution is -0.139. The van der Waals surface area contributed by atoms with E-state index in [-0.39, 0.29) is 11.8 Å². The molecule has 1 N–H and O–H groups in total. The first-order valence-corrected chi connectivity index (χ1v) is 7.56. The minimum Gasteiger partial charge on any atom is -0.349 e. The molecule has 1 aromatic heterocycles. The number of rotatable bonds is 6. The second kappa shape index (κ2) is 8.08. The van der Waals surface area contributed by atoms with E-state index in [1.54, 1.807) is 18.0 Å². The summed E-state index contributed by atoms with van der Waals surface area (Å²) >= 11 is 0. The molecule has 23 heavy (non-hydrogen) atoms. The maximum absolute atomic E-state index is 12.3. The van der Waals surface area contributed by atoms with Gasteiger partial charge in [0.1, 0.15) is 6.04 Å². The SMILES string of the molecule is CC(=O)N(Cc1ccccc1)[C@H](C)C(=O)NCc1ccccn1. The molecule has 0 aliphatic rings. The number of carbonyl (C=O) groups excluding carboxylic acids is 2. The molecule has 0 aliphatic heterocycles. The van der Waals surface area contributed by atoms with E-state index in [2.05, 4.69) is 10.3 Å². The van der Waals surface area contributed by atoms with E-state index in [4.69, 9.17) is 0 Å². The van der Waals surface area contributed by atoms with E-state index in [1.807, 2.05) is 48.5 Å². The third-order valence-electron chi connectivity index (χ3n) is 3.62. The van der Waals surface area contributed by atoms with Crippen LogP contribution in [0, 0.1) is 0 Å². The molecule has 0 saturated carbocycles. The van der Waals surface area contributed by atoms with E-state index in [1.165, 1.54) is 6.92 Å². The van der Waals surface area contributed by atoms with Crippen molar-refractivity contribution in [3.05, 3.63) is 66.0 Å². The van der Waals surface area contributed by atoms with Crippen molar-refractivity contribution in [2.24, 2.45) is 0 Å². The zero-order valence-corrected chi connectivity index (χ0v) is 13.4. The Hall–Kier alpha value is -2.69. The lowest BCUT2D eigenvalue weighted by atomic mass is 10.1. The van der Waals surface area contributed by atoms with E-state index in [9.17, 15) is 9.59 Å². The molecule has 120 valence electrons. The molecular weight excluding hydrogens is 290 g/mol. The third-order valence-corrected chi connectivity index (χ3v) is 3.62. The maximum atomic E-state index is 12.3. The van der Waals surface area contributed by atoms with Gasteiger partial charge in [0.2, 0.25) is 11.8 Å². The highest BCUT2D eigenvalue weighted by Gasteiger charge is 2.23. The number of nitrogens with zero attached hydrogens (tertiary/aromatic N) is 2. The molecule has 0 unspecified atom stereocenters. The Morgan fingerprint density at radius 3 is 2.43 bits per heavy atom. The minimum absolute atomic E-state index is 0.130. The number of amides is 2. The second-order valence-corrected chi connectivity index (χ2v) is 5.35. The van der Waals surface area contributed by atoms with Crippen LogP contribution >= 0.6 is 0 Å². The lowest BCUT2D eigenvalue weighted by Crippen LogP contribution is -2.46. The summed E-state index contributed by atoms with van der Waals surface area (Å²) in [6.45, 7) is 3.97. The van der Waals surface area contributed by atoms with Gasteiger partial charge in [0, 0.05) is 19.7 Å². The molecule has 0 fully saturated rings. The maximum Gasteiger partial charge on any atom is 0.242 e. The first kappa shape index (κ1) is 16.7. The van der Waals surface area contributed by atoms with Gasteiger partial charge in [-0.25, -0.2) is 0 Å². The molecule has 0 radical (unpaired) electrons. The van der Waals surface area contributed by atoms with Crippen molar-refractivity contribution in [2.75, 3.05) is 0 Å². The highest BCUT2D eigenvalue weighted by molar-refractivity contribution is 5.86. The van der Waals surface area contributed by atoms with Gasteiger partial charge < -0.3 is 10.2 Å². The average molecular weight is 311 g/mol. The van der Waals surface area contributed by atoms with Crippen molar-refractivity contribution in [3.8, 4) is 0 Å². The summed E-state index contributed by atoms with van der Waals surface area (Å²) in [5.41, 5.74) is 1.78. The molecule has 2 amide bonds. The van der Waals surface area contributed by atoms with Gasteiger partial charge >= 0.3 is 0 Å². The van der Waals surface area contributed by atoms with Gasteiger partial charge in [0.15, 0.2) is 0 Å². The van der Waals surface area contributed by atoms with Gasteiger partial charge in [-0.15, -0.1) is 0 Å². The van der Waals surface area contributed by atoms with Gasteiger partial charge in [-0.05, 0) is 24.6 Å². The monoisotopic (exact) mass is 311 g/mol. The molecule has 1 heterocycles. The number of hydrogen-bond acceptors (Lipinski definition) is 3. The first-order valence-electron chi connectivity index (χ1n) is 7.56. The Bertz CT molecular complexity index is 644. The molecule has 2 aromatic rings. The Balaban J connectivity index is 1.98. The van der Waals surface area contributed by atoms with Crippen molar-refractivity contribution in [1.29, 1.82) is 0 Å². The van der Waals surface area contributed by atoms with Gasteiger partial charge in [-0.1, -0.05) is 36.4 Å². The van der Waals surface area contributed by atoms with Crippen LogP contribution in [0.5, 0.6) is 0 Å². The lowest BCUT2D eigenvalue weighted by Gasteiger charge is -2.27. The fraction of sp³-hybridized carbons (Fsp3) is 0.278. The molecule has 1 aromatic carbocycles. The van der Waals surface area contributed by atoms with E-state index in [0.717, 1.165) is 11.3 Å². The van der Waals surface area contributed by atoms with Crippen LogP contribution < -0.4 is 5.32 Å². The van der Waals surface area contributed by atoms with Gasteiger partial charge in [0.25, 0.3) is 0 Å². The van der Waals surface area contributed by atoms with E-state index in [0.29, 0.717) is 13.1 Å². The van der Waals surface area contributed by atoms with Crippen molar-refractivity contribution in [3.63, 3.8) is 0 Å². The molecule has 0 bridgehead atoms. The molecule has 0 saturated heterocycles. The largest absolute Gasteiger partial charge is 0.349 e. The smallest absolute Gasteiger partial charge is 0.242 e. The summed E-state index contributed by atoms with van der Waals surface area (Å²) < 4.78 is 0. The van der Waals surface area contributed by atoms with Crippen molar-refractivity contribution >= 4 is 11.8 Å². The number of benzene rings is 1. The first-order chi connectivity index (χ1) is 11.1. The van der Waals surface area contributed by atoms with Crippen LogP contribution in [0.2, 0.25) is 0 Å². The van der Waals surface area contributed by atoms with Crippen molar-refractivity contribution in [2.45, 2.75) is 33.0 Å². The van der Waals surface area contributed by atoms with Crippen LogP contribution in [0.3, 0.4) is 0 Å². The molecule has 0 aliphatic carbocycles. The van der Waals surface area contributed by atoms with Crippen LogP contribution in [0.25, 0.3) is 0 Å². The number of hydrogen-bond donors (Lipinski definition) is 1. The van der Waals surface area contributed by atoms with Crippen LogP contribution in [-0.2, 0) is 22.7 Å². The van der Waals surface area contributed by atoms with Crippen molar-refractivity contribution in [1.82, 2.24) is 15.2 Å². The molecule has 0 spiro atoms. The van der Waals surface area contributed by atoms with Gasteiger partial charge in [-0.3, -0.25) is 14.6 Å². The van der Waals surface area contributed by atoms with Crippen molar-refractivity contribution < 1.29 is 9.59 Å². The third kappa shape index (κ3) is 4.92. The second-order valence-electron chi connectivity index (χ2n) is 5.35. The Morgan fingerprint density at radius 2 is 1.83 bits per heavy atom. The number of pyridine rings is 1. The summed E-state index contributed by atoms with van der Waals surface area (Å²) in [5.74, 6) is -0.323. The molecule has 2 rings (SSSR count). The Morgan fingerprint density at radius 1 is 1.13 bits per heavy atom. The normalized spacial score (nSPS) is 11.6. The Kier molecular flexibility index (Phi) is 5.86. The standard InChI is InChI=1S/C18H21N3O2/c1-14(18(23)20-12-17-10-6-7-11-19-17)21(15(2)22)13-16-8-4-3-5-9-16/h3-11,14H,12-13H2,1-2H3,(H,20,23)/t14-/m1/s1. The van der Waals surface area contributed by atoms with E-state index >= 15 is 0 Å². The fourth-order valence-electron chi connectivity index (χ4n) is 2.27. The predicted molar refractivity (Wildman–Crippen MR) is 88.2 cm³/mol. The van der Waals surface area contributed by atoms with Crippen LogP contribution in [0.15, 0.2) is 54.7 Å². The summed E-state index contributed by atoms with van der Waals surface area (Å²) in [6, 6.07) is 14.6. The van der Waals surface area contributed by atoms with E-state index < -0.39 is 6.04 Å². The van der Waals surface area contributed by atoms with Crippen LogP contribution in [0.1, 0.15) is 25.1 Å². The molecule has 5 nitrogen and oxygen atoms in total. The molecule has 1 atom stereocenters. The van der Waals surface area contributed by atoms with Crippen LogP contribution in [-0.4, -0.2) is 27.7 Å². The van der Waals surface area contributed by atoms with Gasteiger partial charge in [0.05, 0.1) is 12.2 Å². The topological polar surface area (TPSA) is 62.3 Å². The Labute approximate surface area is 136 Å².